The van der Waals surface area contributed by atoms with E-state index in [0.717, 1.165) is 0 Å². The molecule has 0 aliphatic heterocycles. The largest absolute Gasteiger partial charge is 0.481 e. The third-order valence-electron chi connectivity index (χ3n) is 6.34. The van der Waals surface area contributed by atoms with Gasteiger partial charge in [0.2, 0.25) is 0 Å². The summed E-state index contributed by atoms with van der Waals surface area (Å²) in [5.41, 5.74) is -1.58. The number of hydrogen-bond acceptors (Lipinski definition) is 5. The fourth-order valence-electron chi connectivity index (χ4n) is 4.61. The van der Waals surface area contributed by atoms with Gasteiger partial charge in [0, 0.05) is 12.0 Å². The minimum Gasteiger partial charge on any atom is -0.481 e. The van der Waals surface area contributed by atoms with Crippen LogP contribution in [0.4, 0.5) is 0 Å². The number of carbonyl (C=O) groups is 2. The first-order chi connectivity index (χ1) is 15.6. The van der Waals surface area contributed by atoms with Crippen molar-refractivity contribution in [3.8, 4) is 17.6 Å². The van der Waals surface area contributed by atoms with Crippen molar-refractivity contribution in [2.45, 2.75) is 33.6 Å². The number of aliphatic carboxylic acids is 1. The Hall–Kier alpha value is -3.59. The van der Waals surface area contributed by atoms with Crippen LogP contribution < -0.4 is 4.74 Å². The van der Waals surface area contributed by atoms with Crippen LogP contribution in [0.15, 0.2) is 66.7 Å². The molecule has 0 radical (unpaired) electrons. The Kier molecular flexibility index (Phi) is 6.92. The van der Waals surface area contributed by atoms with Crippen molar-refractivity contribution >= 4 is 11.9 Å². The van der Waals surface area contributed by atoms with Gasteiger partial charge in [-0.15, -0.1) is 0 Å². The van der Waals surface area contributed by atoms with E-state index in [4.69, 9.17) is 9.47 Å². The van der Waals surface area contributed by atoms with Crippen LogP contribution in [0.25, 0.3) is 0 Å². The molecule has 0 heterocycles. The van der Waals surface area contributed by atoms with Crippen molar-refractivity contribution < 1.29 is 24.2 Å². The molecule has 1 saturated carbocycles. The van der Waals surface area contributed by atoms with E-state index in [1.165, 1.54) is 6.08 Å². The summed E-state index contributed by atoms with van der Waals surface area (Å²) in [6.45, 7) is 7.78. The molecule has 3 rings (SSSR count). The number of allylic oxidation sites excluding steroid dienone is 1. The van der Waals surface area contributed by atoms with Gasteiger partial charge in [0.05, 0.1) is 18.6 Å². The number of carboxylic acids is 1. The Morgan fingerprint density at radius 2 is 1.79 bits per heavy atom. The van der Waals surface area contributed by atoms with Gasteiger partial charge < -0.3 is 14.6 Å². The van der Waals surface area contributed by atoms with E-state index >= 15 is 0 Å². The first kappa shape index (κ1) is 24.1. The van der Waals surface area contributed by atoms with Crippen LogP contribution in [-0.2, 0) is 14.3 Å². The van der Waals surface area contributed by atoms with E-state index in [1.54, 1.807) is 30.3 Å². The van der Waals surface area contributed by atoms with Crippen molar-refractivity contribution in [1.82, 2.24) is 0 Å². The number of para-hydroxylation sites is 1. The zero-order valence-electron chi connectivity index (χ0n) is 19.3. The predicted octanol–water partition coefficient (Wildman–Crippen LogP) is 5.57. The molecule has 0 saturated heterocycles. The van der Waals surface area contributed by atoms with Crippen molar-refractivity contribution in [3.05, 3.63) is 72.3 Å². The molecule has 33 heavy (non-hydrogen) atoms. The molecule has 1 N–H and O–H groups in total. The topological polar surface area (TPSA) is 96.6 Å². The third-order valence-corrected chi connectivity index (χ3v) is 6.34. The molecule has 1 aliphatic carbocycles. The Labute approximate surface area is 194 Å². The van der Waals surface area contributed by atoms with Crippen molar-refractivity contribution in [2.75, 3.05) is 6.61 Å². The van der Waals surface area contributed by atoms with Crippen LogP contribution in [0.1, 0.15) is 39.2 Å². The quantitative estimate of drug-likeness (QED) is 0.399. The summed E-state index contributed by atoms with van der Waals surface area (Å²) in [5.74, 6) is -1.68. The number of nitriles is 1. The molecule has 0 aromatic heterocycles. The van der Waals surface area contributed by atoms with Gasteiger partial charge in [-0.2, -0.15) is 5.26 Å². The minimum absolute atomic E-state index is 0.200. The van der Waals surface area contributed by atoms with E-state index in [0.29, 0.717) is 17.1 Å². The maximum atomic E-state index is 12.6. The summed E-state index contributed by atoms with van der Waals surface area (Å²) >= 11 is 0. The monoisotopic (exact) mass is 447 g/mol. The van der Waals surface area contributed by atoms with Crippen LogP contribution in [0.3, 0.4) is 0 Å². The Morgan fingerprint density at radius 1 is 1.12 bits per heavy atom. The first-order valence-electron chi connectivity index (χ1n) is 11.0. The first-order valence-corrected chi connectivity index (χ1v) is 11.0. The highest BCUT2D eigenvalue weighted by atomic mass is 16.5. The smallest absolute Gasteiger partial charge is 0.330 e. The molecule has 0 unspecified atom stereocenters. The number of esters is 1. The van der Waals surface area contributed by atoms with Crippen LogP contribution in [-0.4, -0.2) is 23.7 Å². The second-order valence-electron chi connectivity index (χ2n) is 9.31. The van der Waals surface area contributed by atoms with Gasteiger partial charge in [-0.1, -0.05) is 64.1 Å². The SMILES string of the molecule is CC(C)COC(=O)/C=C\[C@H]1C(C)(C)[C@]1(C(=O)O)[C@@H](C#N)c1cccc(Oc2ccccc2)c1. The molecule has 0 spiro atoms. The molecule has 6 nitrogen and oxygen atoms in total. The summed E-state index contributed by atoms with van der Waals surface area (Å²) in [7, 11) is 0. The van der Waals surface area contributed by atoms with Crippen LogP contribution in [0.2, 0.25) is 0 Å². The standard InChI is InChI=1S/C27H29NO5/c1-18(2)17-32-24(29)14-13-23-26(3,4)27(23,25(30)31)22(16-28)19-9-8-12-21(15-19)33-20-10-6-5-7-11-20/h5-15,18,22-23H,17H2,1-4H3,(H,30,31)/b14-13-/t22-,23-,27+/m0/s1. The van der Waals surface area contributed by atoms with Crippen molar-refractivity contribution in [1.29, 1.82) is 5.26 Å². The number of carboxylic acid groups (broad SMARTS) is 1. The molecule has 1 aliphatic rings. The van der Waals surface area contributed by atoms with Gasteiger partial charge >= 0.3 is 11.9 Å². The van der Waals surface area contributed by atoms with E-state index in [1.807, 2.05) is 58.0 Å². The van der Waals surface area contributed by atoms with Gasteiger partial charge in [0.25, 0.3) is 0 Å². The number of carbonyl (C=O) groups excluding carboxylic acids is 1. The summed E-state index contributed by atoms with van der Waals surface area (Å²) in [6.07, 6.45) is 2.86. The average molecular weight is 448 g/mol. The van der Waals surface area contributed by atoms with Crippen LogP contribution >= 0.6 is 0 Å². The van der Waals surface area contributed by atoms with Gasteiger partial charge in [0.15, 0.2) is 0 Å². The Bertz CT molecular complexity index is 1080. The number of ether oxygens (including phenoxy) is 2. The Balaban J connectivity index is 1.90. The summed E-state index contributed by atoms with van der Waals surface area (Å²) in [6, 6.07) is 18.4. The second-order valence-corrected chi connectivity index (χ2v) is 9.31. The molecule has 0 amide bonds. The van der Waals surface area contributed by atoms with E-state index in [-0.39, 0.29) is 12.5 Å². The fraction of sp³-hybridized carbons (Fsp3) is 0.370. The molecule has 2 aromatic carbocycles. The van der Waals surface area contributed by atoms with Crippen LogP contribution in [0, 0.1) is 34.0 Å². The lowest BCUT2D eigenvalue weighted by Crippen LogP contribution is -2.28. The van der Waals surface area contributed by atoms with Gasteiger partial charge in [-0.25, -0.2) is 4.79 Å². The maximum Gasteiger partial charge on any atom is 0.330 e. The van der Waals surface area contributed by atoms with Gasteiger partial charge in [-0.05, 0) is 41.2 Å². The van der Waals surface area contributed by atoms with Gasteiger partial charge in [-0.3, -0.25) is 4.79 Å². The maximum absolute atomic E-state index is 12.6. The highest BCUT2D eigenvalue weighted by molar-refractivity contribution is 5.86. The summed E-state index contributed by atoms with van der Waals surface area (Å²) in [5, 5.41) is 20.4. The van der Waals surface area contributed by atoms with E-state index in [2.05, 4.69) is 6.07 Å². The predicted molar refractivity (Wildman–Crippen MR) is 124 cm³/mol. The zero-order chi connectivity index (χ0) is 24.2. The van der Waals surface area contributed by atoms with Crippen molar-refractivity contribution in [3.63, 3.8) is 0 Å². The lowest BCUT2D eigenvalue weighted by Gasteiger charge is -2.22. The molecule has 3 atom stereocenters. The average Bonchev–Trinajstić information content (AvgIpc) is 3.27. The lowest BCUT2D eigenvalue weighted by molar-refractivity contribution is -0.145. The second kappa shape index (κ2) is 9.50. The fourth-order valence-corrected chi connectivity index (χ4v) is 4.61. The highest BCUT2D eigenvalue weighted by Gasteiger charge is 2.78. The summed E-state index contributed by atoms with van der Waals surface area (Å²) < 4.78 is 11.0. The highest BCUT2D eigenvalue weighted by Crippen LogP contribution is 2.75. The molecule has 2 aromatic rings. The molecule has 0 bridgehead atoms. The number of rotatable bonds is 9. The van der Waals surface area contributed by atoms with Crippen LogP contribution in [0.5, 0.6) is 11.5 Å². The zero-order valence-corrected chi connectivity index (χ0v) is 19.3. The number of benzene rings is 2. The van der Waals surface area contributed by atoms with E-state index in [9.17, 15) is 20.0 Å². The molecule has 172 valence electrons. The van der Waals surface area contributed by atoms with Gasteiger partial charge in [0.1, 0.15) is 16.9 Å². The number of hydrogen-bond donors (Lipinski definition) is 1. The molecular formula is C27H29NO5. The Morgan fingerprint density at radius 3 is 2.39 bits per heavy atom. The molecular weight excluding hydrogens is 418 g/mol. The van der Waals surface area contributed by atoms with E-state index < -0.39 is 34.6 Å². The van der Waals surface area contributed by atoms with Crippen molar-refractivity contribution in [2.24, 2.45) is 22.7 Å². The number of nitrogens with zero attached hydrogens (tertiary/aromatic N) is 1. The lowest BCUT2D eigenvalue weighted by atomic mass is 9.78. The molecule has 6 heteroatoms. The summed E-state index contributed by atoms with van der Waals surface area (Å²) in [4.78, 5) is 24.6. The third kappa shape index (κ3) is 4.63. The normalized spacial score (nSPS) is 21.9. The minimum atomic E-state index is -1.39. The molecule has 1 fully saturated rings.